The summed E-state index contributed by atoms with van der Waals surface area (Å²) < 4.78 is 0. The van der Waals surface area contributed by atoms with Gasteiger partial charge in [0.15, 0.2) is 0 Å². The van der Waals surface area contributed by atoms with Crippen LogP contribution in [0.2, 0.25) is 0 Å². The molecule has 1 N–H and O–H groups in total. The van der Waals surface area contributed by atoms with Crippen LogP contribution in [0.15, 0.2) is 0 Å². The third kappa shape index (κ3) is 3.25. The van der Waals surface area contributed by atoms with Crippen molar-refractivity contribution in [2.45, 2.75) is 58.5 Å². The lowest BCUT2D eigenvalue weighted by atomic mass is 10.1. The van der Waals surface area contributed by atoms with Crippen LogP contribution in [0, 0.1) is 0 Å². The maximum Gasteiger partial charge on any atom is 0.0223 e. The molecule has 1 rings (SSSR count). The molecule has 0 spiro atoms. The van der Waals surface area contributed by atoms with Crippen LogP contribution in [0.3, 0.4) is 0 Å². The molecule has 0 aromatic rings. The normalized spacial score (nSPS) is 25.5. The Kier molecular flexibility index (Phi) is 5.49. The van der Waals surface area contributed by atoms with Crippen LogP contribution in [0.25, 0.3) is 0 Å². The molecule has 1 saturated heterocycles. The highest BCUT2D eigenvalue weighted by atomic mass is 15.2. The van der Waals surface area contributed by atoms with E-state index in [1.807, 2.05) is 0 Å². The molecule has 0 amide bonds. The van der Waals surface area contributed by atoms with Crippen molar-refractivity contribution in [3.05, 3.63) is 0 Å². The Morgan fingerprint density at radius 2 is 2.21 bits per heavy atom. The zero-order chi connectivity index (χ0) is 10.4. The molecule has 2 unspecified atom stereocenters. The highest BCUT2D eigenvalue weighted by Crippen LogP contribution is 2.21. The van der Waals surface area contributed by atoms with Gasteiger partial charge >= 0.3 is 0 Å². The quantitative estimate of drug-likeness (QED) is 0.704. The molecular weight excluding hydrogens is 172 g/mol. The van der Waals surface area contributed by atoms with Gasteiger partial charge in [0, 0.05) is 18.6 Å². The van der Waals surface area contributed by atoms with Gasteiger partial charge in [0.25, 0.3) is 0 Å². The van der Waals surface area contributed by atoms with E-state index in [1.54, 1.807) is 0 Å². The summed E-state index contributed by atoms with van der Waals surface area (Å²) in [6.45, 7) is 10.5. The zero-order valence-corrected chi connectivity index (χ0v) is 10.1. The van der Waals surface area contributed by atoms with E-state index in [2.05, 4.69) is 31.0 Å². The summed E-state index contributed by atoms with van der Waals surface area (Å²) in [6.07, 6.45) is 5.44. The molecule has 0 bridgehead atoms. The van der Waals surface area contributed by atoms with Gasteiger partial charge in [0.05, 0.1) is 0 Å². The molecule has 0 aromatic carbocycles. The van der Waals surface area contributed by atoms with E-state index in [4.69, 9.17) is 0 Å². The average Bonchev–Trinajstić information content (AvgIpc) is 2.63. The first kappa shape index (κ1) is 12.0. The number of likely N-dealkylation sites (N-methyl/N-ethyl adjacent to an activating group) is 1. The summed E-state index contributed by atoms with van der Waals surface area (Å²) in [7, 11) is 0. The number of rotatable bonds is 6. The smallest absolute Gasteiger partial charge is 0.0223 e. The monoisotopic (exact) mass is 198 g/mol. The molecule has 0 saturated carbocycles. The third-order valence-electron chi connectivity index (χ3n) is 3.33. The van der Waals surface area contributed by atoms with Crippen molar-refractivity contribution in [3.63, 3.8) is 0 Å². The fourth-order valence-corrected chi connectivity index (χ4v) is 2.55. The molecule has 1 fully saturated rings. The lowest BCUT2D eigenvalue weighted by Gasteiger charge is -2.30. The van der Waals surface area contributed by atoms with Gasteiger partial charge in [-0.3, -0.25) is 4.90 Å². The number of hydrogen-bond acceptors (Lipinski definition) is 2. The minimum Gasteiger partial charge on any atom is -0.315 e. The molecule has 2 nitrogen and oxygen atoms in total. The van der Waals surface area contributed by atoms with Crippen LogP contribution >= 0.6 is 0 Å². The second-order valence-corrected chi connectivity index (χ2v) is 4.48. The van der Waals surface area contributed by atoms with E-state index in [0.717, 1.165) is 18.6 Å². The van der Waals surface area contributed by atoms with Crippen molar-refractivity contribution in [2.75, 3.05) is 19.6 Å². The minimum absolute atomic E-state index is 0.783. The average molecular weight is 198 g/mol. The second kappa shape index (κ2) is 6.41. The standard InChI is InChI=1S/C12H26N2/c1-4-7-11(3)14-9-6-8-12(14)10-13-5-2/h11-13H,4-10H2,1-3H3. The Balaban J connectivity index is 2.33. The highest BCUT2D eigenvalue weighted by molar-refractivity contribution is 4.84. The Morgan fingerprint density at radius 1 is 1.43 bits per heavy atom. The summed E-state index contributed by atoms with van der Waals surface area (Å²) >= 11 is 0. The van der Waals surface area contributed by atoms with Gasteiger partial charge in [-0.15, -0.1) is 0 Å². The fourth-order valence-electron chi connectivity index (χ4n) is 2.55. The van der Waals surface area contributed by atoms with Gasteiger partial charge in [-0.05, 0) is 39.3 Å². The van der Waals surface area contributed by atoms with Crippen LogP contribution in [0.4, 0.5) is 0 Å². The molecule has 84 valence electrons. The second-order valence-electron chi connectivity index (χ2n) is 4.48. The largest absolute Gasteiger partial charge is 0.315 e. The van der Waals surface area contributed by atoms with Crippen molar-refractivity contribution in [2.24, 2.45) is 0 Å². The van der Waals surface area contributed by atoms with Gasteiger partial charge in [-0.2, -0.15) is 0 Å². The maximum atomic E-state index is 3.48. The van der Waals surface area contributed by atoms with Crippen LogP contribution in [-0.2, 0) is 0 Å². The van der Waals surface area contributed by atoms with E-state index in [0.29, 0.717) is 0 Å². The van der Waals surface area contributed by atoms with Crippen LogP contribution < -0.4 is 5.32 Å². The Hall–Kier alpha value is -0.0800. The first-order valence-corrected chi connectivity index (χ1v) is 6.26. The first-order chi connectivity index (χ1) is 6.79. The Morgan fingerprint density at radius 3 is 2.86 bits per heavy atom. The van der Waals surface area contributed by atoms with Crippen molar-refractivity contribution >= 4 is 0 Å². The predicted molar refractivity (Wildman–Crippen MR) is 62.6 cm³/mol. The van der Waals surface area contributed by atoms with E-state index >= 15 is 0 Å². The number of hydrogen-bond donors (Lipinski definition) is 1. The molecule has 0 aromatic heterocycles. The molecule has 14 heavy (non-hydrogen) atoms. The van der Waals surface area contributed by atoms with E-state index in [-0.39, 0.29) is 0 Å². The van der Waals surface area contributed by atoms with Gasteiger partial charge in [0.1, 0.15) is 0 Å². The van der Waals surface area contributed by atoms with Crippen LogP contribution in [0.1, 0.15) is 46.5 Å². The Bertz CT molecular complexity index is 147. The molecule has 1 aliphatic rings. The van der Waals surface area contributed by atoms with Gasteiger partial charge in [0.2, 0.25) is 0 Å². The summed E-state index contributed by atoms with van der Waals surface area (Å²) in [6, 6.07) is 1.59. The third-order valence-corrected chi connectivity index (χ3v) is 3.33. The van der Waals surface area contributed by atoms with Crippen LogP contribution in [-0.4, -0.2) is 36.6 Å². The summed E-state index contributed by atoms with van der Waals surface area (Å²) in [5, 5.41) is 3.48. The van der Waals surface area contributed by atoms with E-state index in [9.17, 15) is 0 Å². The van der Waals surface area contributed by atoms with Crippen molar-refractivity contribution in [3.8, 4) is 0 Å². The van der Waals surface area contributed by atoms with Crippen molar-refractivity contribution in [1.29, 1.82) is 0 Å². The SMILES string of the molecule is CCCC(C)N1CCCC1CNCC. The van der Waals surface area contributed by atoms with E-state index in [1.165, 1.54) is 38.8 Å². The summed E-state index contributed by atoms with van der Waals surface area (Å²) in [5.74, 6) is 0. The zero-order valence-electron chi connectivity index (χ0n) is 10.1. The lowest BCUT2D eigenvalue weighted by Crippen LogP contribution is -2.42. The highest BCUT2D eigenvalue weighted by Gasteiger charge is 2.27. The van der Waals surface area contributed by atoms with Gasteiger partial charge in [-0.1, -0.05) is 20.3 Å². The maximum absolute atomic E-state index is 3.48. The molecule has 1 aliphatic heterocycles. The molecule has 0 radical (unpaired) electrons. The molecule has 1 heterocycles. The summed E-state index contributed by atoms with van der Waals surface area (Å²) in [4.78, 5) is 2.70. The first-order valence-electron chi connectivity index (χ1n) is 6.26. The van der Waals surface area contributed by atoms with Crippen molar-refractivity contribution in [1.82, 2.24) is 10.2 Å². The van der Waals surface area contributed by atoms with Crippen LogP contribution in [0.5, 0.6) is 0 Å². The number of likely N-dealkylation sites (tertiary alicyclic amines) is 1. The van der Waals surface area contributed by atoms with Gasteiger partial charge < -0.3 is 5.32 Å². The lowest BCUT2D eigenvalue weighted by molar-refractivity contribution is 0.179. The minimum atomic E-state index is 0.783. The Labute approximate surface area is 89.1 Å². The van der Waals surface area contributed by atoms with E-state index < -0.39 is 0 Å². The topological polar surface area (TPSA) is 15.3 Å². The molecule has 0 aliphatic carbocycles. The molecule has 2 heteroatoms. The number of nitrogens with one attached hydrogen (secondary N) is 1. The molecule has 2 atom stereocenters. The van der Waals surface area contributed by atoms with Gasteiger partial charge in [-0.25, -0.2) is 0 Å². The molecular formula is C12H26N2. The fraction of sp³-hybridized carbons (Fsp3) is 1.00. The predicted octanol–water partition coefficient (Wildman–Crippen LogP) is 2.25. The number of nitrogens with zero attached hydrogens (tertiary/aromatic N) is 1. The van der Waals surface area contributed by atoms with Crippen molar-refractivity contribution < 1.29 is 0 Å². The summed E-state index contributed by atoms with van der Waals surface area (Å²) in [5.41, 5.74) is 0.